The van der Waals surface area contributed by atoms with Gasteiger partial charge in [-0.05, 0) is 23.6 Å². The summed E-state index contributed by atoms with van der Waals surface area (Å²) in [5.41, 5.74) is 2.03. The molecule has 0 aromatic heterocycles. The van der Waals surface area contributed by atoms with Crippen LogP contribution in [0, 0.1) is 0 Å². The van der Waals surface area contributed by atoms with Crippen LogP contribution in [-0.2, 0) is 0 Å². The Morgan fingerprint density at radius 3 is 2.32 bits per heavy atom. The second kappa shape index (κ2) is 5.02. The highest BCUT2D eigenvalue weighted by molar-refractivity contribution is 5.94. The van der Waals surface area contributed by atoms with Crippen LogP contribution in [0.1, 0.15) is 0 Å². The first-order valence-electron chi connectivity index (χ1n) is 6.26. The van der Waals surface area contributed by atoms with Crippen LogP contribution in [0.4, 0.5) is 11.4 Å². The molecular weight excluding hydrogens is 234 g/mol. The number of hydrogen-bond acceptors (Lipinski definition) is 2. The maximum absolute atomic E-state index is 5.57. The van der Waals surface area contributed by atoms with Crippen molar-refractivity contribution in [2.75, 3.05) is 12.4 Å². The van der Waals surface area contributed by atoms with Crippen molar-refractivity contribution in [2.24, 2.45) is 0 Å². The Bertz CT molecular complexity index is 692. The minimum atomic E-state index is 0.877. The van der Waals surface area contributed by atoms with E-state index >= 15 is 0 Å². The molecule has 2 nitrogen and oxygen atoms in total. The fourth-order valence-electron chi connectivity index (χ4n) is 2.24. The normalized spacial score (nSPS) is 10.4. The standard InChI is InChI=1S/C17H15NO/c1-19-17-15-10-6-5-7-13(15)11-12-16(17)18-14-8-3-2-4-9-14/h2-12,18H,1H3. The van der Waals surface area contributed by atoms with Crippen molar-refractivity contribution in [3.63, 3.8) is 0 Å². The van der Waals surface area contributed by atoms with E-state index in [4.69, 9.17) is 4.74 Å². The largest absolute Gasteiger partial charge is 0.494 e. The van der Waals surface area contributed by atoms with E-state index in [-0.39, 0.29) is 0 Å². The fraction of sp³-hybridized carbons (Fsp3) is 0.0588. The van der Waals surface area contributed by atoms with Gasteiger partial charge in [-0.15, -0.1) is 0 Å². The molecule has 3 aromatic rings. The fourth-order valence-corrected chi connectivity index (χ4v) is 2.24. The summed E-state index contributed by atoms with van der Waals surface area (Å²) in [6, 6.07) is 22.5. The minimum Gasteiger partial charge on any atom is -0.494 e. The molecule has 0 saturated carbocycles. The molecule has 0 fully saturated rings. The smallest absolute Gasteiger partial charge is 0.150 e. The number of ether oxygens (including phenoxy) is 1. The van der Waals surface area contributed by atoms with Gasteiger partial charge in [0.1, 0.15) is 5.75 Å². The second-order valence-electron chi connectivity index (χ2n) is 4.36. The Kier molecular flexibility index (Phi) is 3.07. The van der Waals surface area contributed by atoms with E-state index in [2.05, 4.69) is 23.5 Å². The molecule has 1 N–H and O–H groups in total. The maximum Gasteiger partial charge on any atom is 0.150 e. The van der Waals surface area contributed by atoms with Gasteiger partial charge in [-0.25, -0.2) is 0 Å². The number of hydrogen-bond donors (Lipinski definition) is 1. The number of benzene rings is 3. The van der Waals surface area contributed by atoms with E-state index < -0.39 is 0 Å². The molecule has 0 spiro atoms. The lowest BCUT2D eigenvalue weighted by Gasteiger charge is -2.13. The van der Waals surface area contributed by atoms with Gasteiger partial charge in [0.2, 0.25) is 0 Å². The van der Waals surface area contributed by atoms with Crippen molar-refractivity contribution in [2.45, 2.75) is 0 Å². The van der Waals surface area contributed by atoms with E-state index in [0.29, 0.717) is 0 Å². The molecule has 0 heterocycles. The van der Waals surface area contributed by atoms with Gasteiger partial charge in [0, 0.05) is 11.1 Å². The molecule has 3 aromatic carbocycles. The van der Waals surface area contributed by atoms with E-state index in [1.165, 1.54) is 5.39 Å². The van der Waals surface area contributed by atoms with Gasteiger partial charge >= 0.3 is 0 Å². The Morgan fingerprint density at radius 2 is 1.53 bits per heavy atom. The minimum absolute atomic E-state index is 0.877. The second-order valence-corrected chi connectivity index (χ2v) is 4.36. The summed E-state index contributed by atoms with van der Waals surface area (Å²) in [7, 11) is 1.71. The predicted molar refractivity (Wildman–Crippen MR) is 80.2 cm³/mol. The summed E-state index contributed by atoms with van der Waals surface area (Å²) in [6.45, 7) is 0. The molecule has 3 rings (SSSR count). The quantitative estimate of drug-likeness (QED) is 0.733. The van der Waals surface area contributed by atoms with Crippen LogP contribution in [0.3, 0.4) is 0 Å². The molecule has 0 aliphatic rings. The van der Waals surface area contributed by atoms with Gasteiger partial charge in [0.05, 0.1) is 12.8 Å². The average Bonchev–Trinajstić information content (AvgIpc) is 2.48. The van der Waals surface area contributed by atoms with Crippen LogP contribution >= 0.6 is 0 Å². The van der Waals surface area contributed by atoms with Crippen molar-refractivity contribution in [3.8, 4) is 5.75 Å². The van der Waals surface area contributed by atoms with Gasteiger partial charge in [-0.3, -0.25) is 0 Å². The summed E-state index contributed by atoms with van der Waals surface area (Å²) in [6.07, 6.45) is 0. The zero-order valence-electron chi connectivity index (χ0n) is 10.8. The molecule has 0 aliphatic carbocycles. The first-order chi connectivity index (χ1) is 9.38. The average molecular weight is 249 g/mol. The number of anilines is 2. The third kappa shape index (κ3) is 2.25. The van der Waals surface area contributed by atoms with E-state index in [0.717, 1.165) is 22.5 Å². The molecule has 0 bridgehead atoms. The van der Waals surface area contributed by atoms with Crippen LogP contribution in [0.25, 0.3) is 10.8 Å². The molecule has 0 radical (unpaired) electrons. The Morgan fingerprint density at radius 1 is 0.789 bits per heavy atom. The molecule has 0 atom stereocenters. The maximum atomic E-state index is 5.57. The third-order valence-corrected chi connectivity index (χ3v) is 3.14. The van der Waals surface area contributed by atoms with Crippen LogP contribution in [-0.4, -0.2) is 7.11 Å². The number of methoxy groups -OCH3 is 1. The first-order valence-corrected chi connectivity index (χ1v) is 6.26. The lowest BCUT2D eigenvalue weighted by Crippen LogP contribution is -1.95. The van der Waals surface area contributed by atoms with Crippen molar-refractivity contribution >= 4 is 22.1 Å². The summed E-state index contributed by atoms with van der Waals surface area (Å²) in [5, 5.41) is 5.69. The summed E-state index contributed by atoms with van der Waals surface area (Å²) >= 11 is 0. The highest BCUT2D eigenvalue weighted by atomic mass is 16.5. The molecule has 0 aliphatic heterocycles. The topological polar surface area (TPSA) is 21.3 Å². The molecule has 94 valence electrons. The highest BCUT2D eigenvalue weighted by Gasteiger charge is 2.07. The van der Waals surface area contributed by atoms with Crippen LogP contribution in [0.2, 0.25) is 0 Å². The van der Waals surface area contributed by atoms with Gasteiger partial charge in [-0.2, -0.15) is 0 Å². The molecule has 0 saturated heterocycles. The molecule has 2 heteroatoms. The monoisotopic (exact) mass is 249 g/mol. The Labute approximate surface area is 112 Å². The zero-order chi connectivity index (χ0) is 13.1. The van der Waals surface area contributed by atoms with Crippen molar-refractivity contribution in [3.05, 3.63) is 66.7 Å². The highest BCUT2D eigenvalue weighted by Crippen LogP contribution is 2.35. The van der Waals surface area contributed by atoms with Gasteiger partial charge in [0.15, 0.2) is 0 Å². The van der Waals surface area contributed by atoms with Gasteiger partial charge in [0.25, 0.3) is 0 Å². The lowest BCUT2D eigenvalue weighted by atomic mass is 10.1. The molecule has 19 heavy (non-hydrogen) atoms. The van der Waals surface area contributed by atoms with Crippen LogP contribution in [0.5, 0.6) is 5.75 Å². The third-order valence-electron chi connectivity index (χ3n) is 3.14. The number of fused-ring (bicyclic) bond motifs is 1. The van der Waals surface area contributed by atoms with Gasteiger partial charge < -0.3 is 10.1 Å². The van der Waals surface area contributed by atoms with E-state index in [9.17, 15) is 0 Å². The molecule has 0 amide bonds. The summed E-state index contributed by atoms with van der Waals surface area (Å²) < 4.78 is 5.57. The molecular formula is C17H15NO. The van der Waals surface area contributed by atoms with Crippen molar-refractivity contribution in [1.82, 2.24) is 0 Å². The van der Waals surface area contributed by atoms with E-state index in [1.807, 2.05) is 48.5 Å². The van der Waals surface area contributed by atoms with Crippen LogP contribution < -0.4 is 10.1 Å². The SMILES string of the molecule is COc1c(Nc2ccccc2)ccc2ccccc12. The lowest BCUT2D eigenvalue weighted by molar-refractivity contribution is 0.422. The molecule has 0 unspecified atom stereocenters. The van der Waals surface area contributed by atoms with Crippen molar-refractivity contribution < 1.29 is 4.74 Å². The Hall–Kier alpha value is -2.48. The number of para-hydroxylation sites is 1. The van der Waals surface area contributed by atoms with Crippen LogP contribution in [0.15, 0.2) is 66.7 Å². The van der Waals surface area contributed by atoms with E-state index in [1.54, 1.807) is 7.11 Å². The summed E-state index contributed by atoms with van der Waals surface area (Å²) in [4.78, 5) is 0. The zero-order valence-corrected chi connectivity index (χ0v) is 10.8. The Balaban J connectivity index is 2.08. The number of rotatable bonds is 3. The van der Waals surface area contributed by atoms with Crippen molar-refractivity contribution in [1.29, 1.82) is 0 Å². The predicted octanol–water partition coefficient (Wildman–Crippen LogP) is 4.59. The van der Waals surface area contributed by atoms with Gasteiger partial charge in [-0.1, -0.05) is 48.5 Å². The summed E-state index contributed by atoms with van der Waals surface area (Å²) in [5.74, 6) is 0.877. The number of nitrogens with one attached hydrogen (secondary N) is 1. The first kappa shape index (κ1) is 11.6.